The Balaban J connectivity index is 0.00000450. The molecule has 2 aromatic carbocycles. The molecule has 0 saturated heterocycles. The number of hydrogen-bond acceptors (Lipinski definition) is 2. The summed E-state index contributed by atoms with van der Waals surface area (Å²) in [5, 5.41) is 7.86. The highest BCUT2D eigenvalue weighted by Gasteiger charge is 2.12. The van der Waals surface area contributed by atoms with Gasteiger partial charge in [0.15, 0.2) is 5.96 Å². The van der Waals surface area contributed by atoms with Gasteiger partial charge in [-0.15, -0.1) is 24.0 Å². The molecule has 0 heterocycles. The molecule has 0 bridgehead atoms. The van der Waals surface area contributed by atoms with Gasteiger partial charge in [0.25, 0.3) is 5.91 Å². The van der Waals surface area contributed by atoms with Crippen molar-refractivity contribution in [1.82, 2.24) is 15.5 Å². The van der Waals surface area contributed by atoms with Crippen molar-refractivity contribution in [3.05, 3.63) is 69.2 Å². The monoisotopic (exact) mass is 562 g/mol. The molecule has 5 nitrogen and oxygen atoms in total. The average molecular weight is 563 g/mol. The number of halogens is 3. The summed E-state index contributed by atoms with van der Waals surface area (Å²) in [6, 6.07) is 13.1. The zero-order valence-corrected chi connectivity index (χ0v) is 21.5. The zero-order chi connectivity index (χ0) is 21.4. The van der Waals surface area contributed by atoms with E-state index in [2.05, 4.69) is 15.6 Å². The van der Waals surface area contributed by atoms with Crippen molar-refractivity contribution in [3.63, 3.8) is 0 Å². The Labute approximate surface area is 206 Å². The van der Waals surface area contributed by atoms with Crippen molar-refractivity contribution in [2.75, 3.05) is 27.2 Å². The number of amides is 1. The number of benzene rings is 2. The van der Waals surface area contributed by atoms with E-state index in [0.29, 0.717) is 28.1 Å². The predicted octanol–water partition coefficient (Wildman–Crippen LogP) is 5.17. The number of carbonyl (C=O) groups is 1. The minimum atomic E-state index is -0.0291. The van der Waals surface area contributed by atoms with Gasteiger partial charge in [0, 0.05) is 42.8 Å². The van der Waals surface area contributed by atoms with Gasteiger partial charge < -0.3 is 15.5 Å². The van der Waals surface area contributed by atoms with Gasteiger partial charge in [0.2, 0.25) is 0 Å². The van der Waals surface area contributed by atoms with Crippen LogP contribution in [-0.2, 0) is 6.42 Å². The molecule has 2 rings (SSSR count). The lowest BCUT2D eigenvalue weighted by Crippen LogP contribution is -2.39. The molecule has 0 radical (unpaired) electrons. The Hall–Kier alpha value is -1.51. The highest BCUT2D eigenvalue weighted by molar-refractivity contribution is 14.0. The quantitative estimate of drug-likeness (QED) is 0.278. The van der Waals surface area contributed by atoms with Gasteiger partial charge >= 0.3 is 0 Å². The molecule has 0 saturated carbocycles. The van der Waals surface area contributed by atoms with Gasteiger partial charge in [0.05, 0.1) is 6.04 Å². The Morgan fingerprint density at radius 2 is 1.90 bits per heavy atom. The number of rotatable bonds is 7. The Morgan fingerprint density at radius 1 is 1.17 bits per heavy atom. The van der Waals surface area contributed by atoms with Crippen LogP contribution in [0.15, 0.2) is 47.5 Å². The number of nitrogens with zero attached hydrogens (tertiary/aromatic N) is 2. The van der Waals surface area contributed by atoms with E-state index in [1.165, 1.54) is 0 Å². The maximum atomic E-state index is 12.1. The number of carbonyl (C=O) groups excluding carboxylic acids is 1. The lowest BCUT2D eigenvalue weighted by Gasteiger charge is -2.19. The molecule has 8 heteroatoms. The van der Waals surface area contributed by atoms with Crippen LogP contribution in [0.2, 0.25) is 10.0 Å². The SMILES string of the molecule is CCNC(=NCCc1cccc(C(=O)N(C)C)c1)NC(C)c1ccc(Cl)cc1Cl.I. The first kappa shape index (κ1) is 26.5. The van der Waals surface area contributed by atoms with Crippen LogP contribution < -0.4 is 10.6 Å². The van der Waals surface area contributed by atoms with Crippen molar-refractivity contribution in [2.45, 2.75) is 26.3 Å². The molecule has 1 atom stereocenters. The molecule has 0 aliphatic heterocycles. The van der Waals surface area contributed by atoms with Crippen LogP contribution in [0, 0.1) is 0 Å². The lowest BCUT2D eigenvalue weighted by molar-refractivity contribution is 0.0827. The van der Waals surface area contributed by atoms with E-state index in [4.69, 9.17) is 23.2 Å². The molecule has 164 valence electrons. The molecule has 0 aromatic heterocycles. The van der Waals surface area contributed by atoms with Crippen molar-refractivity contribution in [2.24, 2.45) is 4.99 Å². The fourth-order valence-electron chi connectivity index (χ4n) is 2.87. The molecule has 0 aliphatic carbocycles. The summed E-state index contributed by atoms with van der Waals surface area (Å²) in [4.78, 5) is 18.4. The van der Waals surface area contributed by atoms with Gasteiger partial charge in [-0.2, -0.15) is 0 Å². The first-order valence-corrected chi connectivity index (χ1v) is 10.4. The number of aliphatic imine (C=N–C) groups is 1. The zero-order valence-electron chi connectivity index (χ0n) is 17.7. The van der Waals surface area contributed by atoms with Crippen molar-refractivity contribution in [3.8, 4) is 0 Å². The lowest BCUT2D eigenvalue weighted by atomic mass is 10.1. The highest BCUT2D eigenvalue weighted by atomic mass is 127. The van der Waals surface area contributed by atoms with Gasteiger partial charge in [-0.3, -0.25) is 9.79 Å². The average Bonchev–Trinajstić information content (AvgIpc) is 2.67. The van der Waals surface area contributed by atoms with E-state index in [1.54, 1.807) is 25.1 Å². The van der Waals surface area contributed by atoms with E-state index in [1.807, 2.05) is 50.2 Å². The van der Waals surface area contributed by atoms with Gasteiger partial charge in [0.1, 0.15) is 0 Å². The number of guanidine groups is 1. The van der Waals surface area contributed by atoms with Crippen LogP contribution in [0.5, 0.6) is 0 Å². The van der Waals surface area contributed by atoms with Crippen LogP contribution in [0.1, 0.15) is 41.4 Å². The second-order valence-corrected chi connectivity index (χ2v) is 7.79. The molecule has 1 amide bonds. The first-order valence-electron chi connectivity index (χ1n) is 9.62. The maximum absolute atomic E-state index is 12.1. The van der Waals surface area contributed by atoms with Gasteiger partial charge in [-0.05, 0) is 55.7 Å². The molecular weight excluding hydrogens is 534 g/mol. The molecule has 0 fully saturated rings. The molecule has 2 N–H and O–H groups in total. The minimum absolute atomic E-state index is 0. The molecule has 30 heavy (non-hydrogen) atoms. The molecule has 0 aliphatic rings. The molecule has 1 unspecified atom stereocenters. The smallest absolute Gasteiger partial charge is 0.253 e. The van der Waals surface area contributed by atoms with Crippen LogP contribution in [0.3, 0.4) is 0 Å². The van der Waals surface area contributed by atoms with Crippen LogP contribution in [-0.4, -0.2) is 44.0 Å². The maximum Gasteiger partial charge on any atom is 0.253 e. The third-order valence-electron chi connectivity index (χ3n) is 4.38. The van der Waals surface area contributed by atoms with E-state index in [0.717, 1.165) is 24.1 Å². The summed E-state index contributed by atoms with van der Waals surface area (Å²) < 4.78 is 0. The van der Waals surface area contributed by atoms with E-state index in [9.17, 15) is 4.79 Å². The number of nitrogens with one attached hydrogen (secondary N) is 2. The van der Waals surface area contributed by atoms with Crippen molar-refractivity contribution < 1.29 is 4.79 Å². The topological polar surface area (TPSA) is 56.7 Å². The Morgan fingerprint density at radius 3 is 2.53 bits per heavy atom. The standard InChI is InChI=1S/C22H28Cl2N4O.HI/c1-5-25-22(27-15(2)19-10-9-18(23)14-20(19)24)26-12-11-16-7-6-8-17(13-16)21(29)28(3)4;/h6-10,13-15H,5,11-12H2,1-4H3,(H2,25,26,27);1H. The fraction of sp³-hybridized carbons (Fsp3) is 0.364. The Kier molecular flexibility index (Phi) is 11.5. The van der Waals surface area contributed by atoms with E-state index in [-0.39, 0.29) is 35.9 Å². The summed E-state index contributed by atoms with van der Waals surface area (Å²) in [5.41, 5.74) is 2.72. The summed E-state index contributed by atoms with van der Waals surface area (Å²) in [6.07, 6.45) is 0.737. The molecule has 2 aromatic rings. The van der Waals surface area contributed by atoms with Crippen molar-refractivity contribution >= 4 is 59.0 Å². The normalized spacial score (nSPS) is 12.0. The second kappa shape index (κ2) is 13.0. The largest absolute Gasteiger partial charge is 0.357 e. The molecular formula is C22H29Cl2IN4O. The van der Waals surface area contributed by atoms with E-state index < -0.39 is 0 Å². The predicted molar refractivity (Wildman–Crippen MR) is 138 cm³/mol. The minimum Gasteiger partial charge on any atom is -0.357 e. The van der Waals surface area contributed by atoms with Crippen molar-refractivity contribution in [1.29, 1.82) is 0 Å². The number of hydrogen-bond donors (Lipinski definition) is 2. The summed E-state index contributed by atoms with van der Waals surface area (Å²) in [7, 11) is 3.50. The summed E-state index contributed by atoms with van der Waals surface area (Å²) in [5.74, 6) is 0.713. The van der Waals surface area contributed by atoms with Crippen LogP contribution >= 0.6 is 47.2 Å². The van der Waals surface area contributed by atoms with Crippen LogP contribution in [0.25, 0.3) is 0 Å². The second-order valence-electron chi connectivity index (χ2n) is 6.94. The van der Waals surface area contributed by atoms with Crippen LogP contribution in [0.4, 0.5) is 0 Å². The first-order chi connectivity index (χ1) is 13.8. The summed E-state index contributed by atoms with van der Waals surface area (Å²) >= 11 is 12.3. The fourth-order valence-corrected chi connectivity index (χ4v) is 3.44. The summed E-state index contributed by atoms with van der Waals surface area (Å²) in [6.45, 7) is 5.39. The van der Waals surface area contributed by atoms with Gasteiger partial charge in [-0.25, -0.2) is 0 Å². The van der Waals surface area contributed by atoms with Gasteiger partial charge in [-0.1, -0.05) is 41.4 Å². The molecule has 0 spiro atoms. The third kappa shape index (κ3) is 7.96. The van der Waals surface area contributed by atoms with E-state index >= 15 is 0 Å². The third-order valence-corrected chi connectivity index (χ3v) is 4.94. The highest BCUT2D eigenvalue weighted by Crippen LogP contribution is 2.26. The Bertz CT molecular complexity index is 874.